The molecule has 0 aliphatic rings. The Morgan fingerprint density at radius 3 is 2.50 bits per heavy atom. The van der Waals surface area contributed by atoms with E-state index < -0.39 is 0 Å². The van der Waals surface area contributed by atoms with E-state index in [2.05, 4.69) is 70.9 Å². The number of rotatable bonds is 4. The first-order chi connectivity index (χ1) is 13.1. The number of hydrogen-bond acceptors (Lipinski definition) is 4. The molecule has 28 heavy (non-hydrogen) atoms. The van der Waals surface area contributed by atoms with E-state index in [0.29, 0.717) is 10.7 Å². The van der Waals surface area contributed by atoms with Crippen LogP contribution in [0.3, 0.4) is 0 Å². The van der Waals surface area contributed by atoms with Gasteiger partial charge in [0.15, 0.2) is 0 Å². The van der Waals surface area contributed by atoms with Crippen LogP contribution in [0.25, 0.3) is 0 Å². The van der Waals surface area contributed by atoms with Crippen LogP contribution in [-0.4, -0.2) is 16.3 Å². The number of hydrogen-bond donors (Lipinski definition) is 1. The quantitative estimate of drug-likeness (QED) is 0.241. The minimum atomic E-state index is -0.0777. The number of benzene rings is 2. The second-order valence-electron chi connectivity index (χ2n) is 7.41. The lowest BCUT2D eigenvalue weighted by atomic mass is 9.90. The molecule has 0 atom stereocenters. The van der Waals surface area contributed by atoms with Crippen LogP contribution in [0.2, 0.25) is 5.02 Å². The van der Waals surface area contributed by atoms with Crippen molar-refractivity contribution < 1.29 is 5.11 Å². The van der Waals surface area contributed by atoms with Crippen molar-refractivity contribution in [3.05, 3.63) is 70.3 Å². The molecular weight excluding hydrogens is 618 g/mol. The van der Waals surface area contributed by atoms with Gasteiger partial charge in [0.05, 0.1) is 9.26 Å². The van der Waals surface area contributed by atoms with Gasteiger partial charge in [-0.15, -0.1) is 0 Å². The van der Waals surface area contributed by atoms with Crippen molar-refractivity contribution in [3.63, 3.8) is 0 Å². The fourth-order valence-electron chi connectivity index (χ4n) is 2.70. The molecule has 0 spiro atoms. The van der Waals surface area contributed by atoms with E-state index in [9.17, 15) is 5.11 Å². The first-order valence-electron chi connectivity index (χ1n) is 8.60. The molecule has 0 fully saturated rings. The Morgan fingerprint density at radius 2 is 1.86 bits per heavy atom. The van der Waals surface area contributed by atoms with E-state index in [0.717, 1.165) is 24.3 Å². The summed E-state index contributed by atoms with van der Waals surface area (Å²) in [5.41, 5.74) is 2.87. The molecule has 0 saturated heterocycles. The van der Waals surface area contributed by atoms with Gasteiger partial charge in [-0.05, 0) is 75.0 Å². The van der Waals surface area contributed by atoms with Crippen LogP contribution in [0.4, 0.5) is 5.13 Å². The number of nitrogens with zero attached hydrogens (tertiary/aromatic N) is 2. The molecule has 1 aromatic heterocycles. The molecule has 0 radical (unpaired) electrons. The Labute approximate surface area is 201 Å². The highest BCUT2D eigenvalue weighted by atomic mass is 127. The zero-order chi connectivity index (χ0) is 20.5. The van der Waals surface area contributed by atoms with Crippen molar-refractivity contribution in [3.8, 4) is 5.75 Å². The first-order valence-corrected chi connectivity index (χ1v) is 12.0. The smallest absolute Gasteiger partial charge is 0.209 e. The minimum Gasteiger partial charge on any atom is -0.506 e. The largest absolute Gasteiger partial charge is 0.506 e. The number of halogens is 3. The highest BCUT2D eigenvalue weighted by Crippen LogP contribution is 2.35. The van der Waals surface area contributed by atoms with Gasteiger partial charge in [0.25, 0.3) is 0 Å². The molecule has 0 aliphatic heterocycles. The third-order valence-electron chi connectivity index (χ3n) is 4.05. The molecule has 0 unspecified atom stereocenters. The molecule has 7 heteroatoms. The summed E-state index contributed by atoms with van der Waals surface area (Å²) >= 11 is 12.0. The van der Waals surface area contributed by atoms with Crippen molar-refractivity contribution in [1.82, 2.24) is 4.98 Å². The summed E-state index contributed by atoms with van der Waals surface area (Å²) in [7, 11) is 0. The normalized spacial score (nSPS) is 12.1. The van der Waals surface area contributed by atoms with E-state index in [1.807, 2.05) is 36.4 Å². The number of thiazole rings is 1. The Hall–Kier alpha value is -0.710. The summed E-state index contributed by atoms with van der Waals surface area (Å²) in [5, 5.41) is 11.7. The van der Waals surface area contributed by atoms with E-state index in [1.165, 1.54) is 10.4 Å². The number of aromatic nitrogens is 1. The van der Waals surface area contributed by atoms with Crippen molar-refractivity contribution in [1.29, 1.82) is 0 Å². The van der Waals surface area contributed by atoms with Gasteiger partial charge in [0.2, 0.25) is 5.13 Å². The number of phenolic OH excluding ortho intramolecular Hbond substituents is 1. The van der Waals surface area contributed by atoms with Crippen LogP contribution in [-0.2, 0) is 11.8 Å². The van der Waals surface area contributed by atoms with E-state index in [1.54, 1.807) is 17.6 Å². The summed E-state index contributed by atoms with van der Waals surface area (Å²) in [6, 6.07) is 11.8. The van der Waals surface area contributed by atoms with E-state index >= 15 is 0 Å². The van der Waals surface area contributed by atoms with Crippen molar-refractivity contribution >= 4 is 79.5 Å². The Balaban J connectivity index is 1.94. The van der Waals surface area contributed by atoms with Crippen molar-refractivity contribution in [2.24, 2.45) is 4.99 Å². The lowest BCUT2D eigenvalue weighted by Crippen LogP contribution is -2.14. The maximum Gasteiger partial charge on any atom is 0.209 e. The van der Waals surface area contributed by atoms with E-state index in [-0.39, 0.29) is 11.2 Å². The minimum absolute atomic E-state index is 0.0777. The zero-order valence-corrected chi connectivity index (χ0v) is 21.5. The fraction of sp³-hybridized carbons (Fsp3) is 0.238. The molecule has 3 aromatic rings. The molecule has 0 bridgehead atoms. The van der Waals surface area contributed by atoms with Gasteiger partial charge in [-0.1, -0.05) is 55.8 Å². The number of aromatic hydroxyl groups is 1. The number of phenols is 1. The summed E-state index contributed by atoms with van der Waals surface area (Å²) in [6.45, 7) is 6.48. The standard InChI is InChI=1S/C21H19ClI2N2OS/c1-21(2,3)19-17(8-12-4-6-14(22)7-5-12)28-20(26-19)25-11-13-9-15(23)10-16(24)18(13)27/h4-7,9-11,27H,8H2,1-3H3/b25-11+. The van der Waals surface area contributed by atoms with Gasteiger partial charge in [0, 0.05) is 37.1 Å². The Morgan fingerprint density at radius 1 is 1.18 bits per heavy atom. The molecule has 0 amide bonds. The third kappa shape index (κ3) is 5.46. The van der Waals surface area contributed by atoms with Crippen molar-refractivity contribution in [2.45, 2.75) is 32.6 Å². The summed E-state index contributed by atoms with van der Waals surface area (Å²) in [4.78, 5) is 10.6. The average molecular weight is 637 g/mol. The van der Waals surface area contributed by atoms with Gasteiger partial charge in [-0.2, -0.15) is 0 Å². The van der Waals surface area contributed by atoms with Crippen LogP contribution in [0.5, 0.6) is 5.75 Å². The van der Waals surface area contributed by atoms with Gasteiger partial charge < -0.3 is 5.11 Å². The highest BCUT2D eigenvalue weighted by Gasteiger charge is 2.23. The van der Waals surface area contributed by atoms with Crippen molar-refractivity contribution in [2.75, 3.05) is 0 Å². The lowest BCUT2D eigenvalue weighted by molar-refractivity contribution is 0.470. The van der Waals surface area contributed by atoms with Gasteiger partial charge >= 0.3 is 0 Å². The summed E-state index contributed by atoms with van der Waals surface area (Å²) in [6.07, 6.45) is 2.49. The van der Waals surface area contributed by atoms with Gasteiger partial charge in [-0.25, -0.2) is 9.98 Å². The Kier molecular flexibility index (Phi) is 7.05. The molecule has 0 aliphatic carbocycles. The Bertz CT molecular complexity index is 1020. The zero-order valence-electron chi connectivity index (χ0n) is 15.6. The molecular formula is C21H19ClI2N2OS. The number of aliphatic imine (C=N–C) groups is 1. The van der Waals surface area contributed by atoms with Crippen LogP contribution < -0.4 is 0 Å². The van der Waals surface area contributed by atoms with E-state index in [4.69, 9.17) is 16.6 Å². The van der Waals surface area contributed by atoms with Gasteiger partial charge in [0.1, 0.15) is 5.75 Å². The van der Waals surface area contributed by atoms with Crippen LogP contribution in [0, 0.1) is 7.14 Å². The second kappa shape index (κ2) is 8.97. The first kappa shape index (κ1) is 22.0. The summed E-state index contributed by atoms with van der Waals surface area (Å²) in [5.74, 6) is 0.249. The molecule has 1 N–H and O–H groups in total. The molecule has 2 aromatic carbocycles. The molecule has 0 saturated carbocycles. The predicted octanol–water partition coefficient (Wildman–Crippen LogP) is 7.35. The predicted molar refractivity (Wildman–Crippen MR) is 136 cm³/mol. The summed E-state index contributed by atoms with van der Waals surface area (Å²) < 4.78 is 1.86. The maximum absolute atomic E-state index is 10.3. The molecule has 3 nitrogen and oxygen atoms in total. The molecule has 3 rings (SSSR count). The van der Waals surface area contributed by atoms with Gasteiger partial charge in [-0.3, -0.25) is 0 Å². The molecule has 146 valence electrons. The average Bonchev–Trinajstić information content (AvgIpc) is 3.02. The molecule has 1 heterocycles. The van der Waals surface area contributed by atoms with Crippen LogP contribution >= 0.6 is 68.1 Å². The highest BCUT2D eigenvalue weighted by molar-refractivity contribution is 14.1. The second-order valence-corrected chi connectivity index (χ2v) is 11.3. The third-order valence-corrected chi connectivity index (χ3v) is 6.71. The topological polar surface area (TPSA) is 45.5 Å². The maximum atomic E-state index is 10.3. The fourth-order valence-corrected chi connectivity index (χ4v) is 5.86. The monoisotopic (exact) mass is 636 g/mol. The lowest BCUT2D eigenvalue weighted by Gasteiger charge is -2.17. The SMILES string of the molecule is CC(C)(C)c1nc(/N=C/c2cc(I)cc(I)c2O)sc1Cc1ccc(Cl)cc1. The van der Waals surface area contributed by atoms with Crippen LogP contribution in [0.1, 0.15) is 42.5 Å². The van der Waals surface area contributed by atoms with Crippen LogP contribution in [0.15, 0.2) is 41.4 Å².